The van der Waals surface area contributed by atoms with Crippen LogP contribution < -0.4 is 0 Å². The number of carbonyl (C=O) groups excluding carboxylic acids is 2. The molecule has 2 aliphatic rings. The average molecular weight is 343 g/mol. The van der Waals surface area contributed by atoms with Crippen molar-refractivity contribution in [3.63, 3.8) is 0 Å². The zero-order valence-electron chi connectivity index (χ0n) is 14.1. The summed E-state index contributed by atoms with van der Waals surface area (Å²) in [5, 5.41) is 2.16. The van der Waals surface area contributed by atoms with Crippen molar-refractivity contribution in [1.29, 1.82) is 0 Å². The van der Waals surface area contributed by atoms with Crippen molar-refractivity contribution >= 4 is 22.6 Å². The van der Waals surface area contributed by atoms with Gasteiger partial charge in [-0.2, -0.15) is 0 Å². The van der Waals surface area contributed by atoms with Crippen LogP contribution in [0.3, 0.4) is 0 Å². The number of esters is 1. The van der Waals surface area contributed by atoms with Gasteiger partial charge in [-0.15, -0.1) is 0 Å². The van der Waals surface area contributed by atoms with Gasteiger partial charge < -0.3 is 9.64 Å². The van der Waals surface area contributed by atoms with E-state index in [1.54, 1.807) is 11.0 Å². The SMILES string of the molecule is O=C1O[C@]2(CCN(C(=O)c3ccc4ccccc4c3)C2)c2ccccc21. The van der Waals surface area contributed by atoms with E-state index >= 15 is 0 Å². The second kappa shape index (κ2) is 5.43. The van der Waals surface area contributed by atoms with Gasteiger partial charge in [-0.25, -0.2) is 4.79 Å². The van der Waals surface area contributed by atoms with E-state index in [-0.39, 0.29) is 11.9 Å². The Labute approximate surface area is 151 Å². The van der Waals surface area contributed by atoms with E-state index in [0.29, 0.717) is 30.6 Å². The lowest BCUT2D eigenvalue weighted by Gasteiger charge is -2.24. The monoisotopic (exact) mass is 343 g/mol. The van der Waals surface area contributed by atoms with Crippen LogP contribution in [0.25, 0.3) is 10.8 Å². The largest absolute Gasteiger partial charge is 0.449 e. The van der Waals surface area contributed by atoms with E-state index in [9.17, 15) is 9.59 Å². The number of ether oxygens (including phenoxy) is 1. The van der Waals surface area contributed by atoms with Crippen LogP contribution in [0.4, 0.5) is 0 Å². The number of rotatable bonds is 1. The van der Waals surface area contributed by atoms with E-state index in [1.165, 1.54) is 0 Å². The van der Waals surface area contributed by atoms with Crippen LogP contribution in [-0.2, 0) is 10.3 Å². The molecule has 1 saturated heterocycles. The third-order valence-corrected chi connectivity index (χ3v) is 5.44. The molecular formula is C22H17NO3. The van der Waals surface area contributed by atoms with Crippen LogP contribution >= 0.6 is 0 Å². The number of fused-ring (bicyclic) bond motifs is 3. The molecule has 1 fully saturated rings. The van der Waals surface area contributed by atoms with Crippen molar-refractivity contribution in [2.75, 3.05) is 13.1 Å². The molecule has 0 bridgehead atoms. The van der Waals surface area contributed by atoms with Gasteiger partial charge in [0.2, 0.25) is 0 Å². The fourth-order valence-electron chi connectivity index (χ4n) is 4.11. The molecule has 0 aliphatic carbocycles. The van der Waals surface area contributed by atoms with Gasteiger partial charge in [0.15, 0.2) is 5.60 Å². The normalized spacial score (nSPS) is 21.2. The maximum Gasteiger partial charge on any atom is 0.339 e. The first-order valence-electron chi connectivity index (χ1n) is 8.77. The van der Waals surface area contributed by atoms with Crippen LogP contribution in [0.1, 0.15) is 32.7 Å². The highest BCUT2D eigenvalue weighted by atomic mass is 16.6. The van der Waals surface area contributed by atoms with E-state index in [4.69, 9.17) is 4.74 Å². The van der Waals surface area contributed by atoms with Gasteiger partial charge in [-0.3, -0.25) is 4.79 Å². The smallest absolute Gasteiger partial charge is 0.339 e. The average Bonchev–Trinajstić information content (AvgIpc) is 3.23. The van der Waals surface area contributed by atoms with Crippen molar-refractivity contribution in [3.8, 4) is 0 Å². The molecule has 128 valence electrons. The predicted molar refractivity (Wildman–Crippen MR) is 98.0 cm³/mol. The second-order valence-corrected chi connectivity index (χ2v) is 6.97. The summed E-state index contributed by atoms with van der Waals surface area (Å²) in [6.45, 7) is 0.981. The second-order valence-electron chi connectivity index (χ2n) is 6.97. The number of likely N-dealkylation sites (tertiary alicyclic amines) is 1. The van der Waals surface area contributed by atoms with Crippen LogP contribution in [0.15, 0.2) is 66.7 Å². The topological polar surface area (TPSA) is 46.6 Å². The van der Waals surface area contributed by atoms with E-state index < -0.39 is 5.60 Å². The summed E-state index contributed by atoms with van der Waals surface area (Å²) in [6.07, 6.45) is 0.634. The molecule has 2 aliphatic heterocycles. The molecule has 2 heterocycles. The lowest BCUT2D eigenvalue weighted by atomic mass is 9.91. The first kappa shape index (κ1) is 15.1. The molecule has 0 saturated carbocycles. The zero-order chi connectivity index (χ0) is 17.7. The van der Waals surface area contributed by atoms with Gasteiger partial charge in [0.05, 0.1) is 12.1 Å². The Hall–Kier alpha value is -3.14. The highest BCUT2D eigenvalue weighted by Gasteiger charge is 2.50. The van der Waals surface area contributed by atoms with Crippen molar-refractivity contribution in [1.82, 2.24) is 4.90 Å². The number of nitrogens with zero attached hydrogens (tertiary/aromatic N) is 1. The Balaban J connectivity index is 1.45. The van der Waals surface area contributed by atoms with Crippen LogP contribution in [-0.4, -0.2) is 29.9 Å². The maximum absolute atomic E-state index is 13.0. The Morgan fingerprint density at radius 1 is 0.962 bits per heavy atom. The third kappa shape index (κ3) is 2.15. The molecule has 3 aromatic carbocycles. The van der Waals surface area contributed by atoms with Crippen molar-refractivity contribution in [2.24, 2.45) is 0 Å². The molecule has 0 radical (unpaired) electrons. The summed E-state index contributed by atoms with van der Waals surface area (Å²) >= 11 is 0. The first-order valence-corrected chi connectivity index (χ1v) is 8.77. The number of hydrogen-bond acceptors (Lipinski definition) is 3. The molecular weight excluding hydrogens is 326 g/mol. The van der Waals surface area contributed by atoms with Gasteiger partial charge in [0.25, 0.3) is 5.91 Å². The number of hydrogen-bond donors (Lipinski definition) is 0. The molecule has 0 aromatic heterocycles. The quantitative estimate of drug-likeness (QED) is 0.632. The highest BCUT2D eigenvalue weighted by Crippen LogP contribution is 2.43. The molecule has 26 heavy (non-hydrogen) atoms. The Bertz CT molecular complexity index is 1060. The highest BCUT2D eigenvalue weighted by molar-refractivity contribution is 5.99. The van der Waals surface area contributed by atoms with Gasteiger partial charge in [0.1, 0.15) is 0 Å². The first-order chi connectivity index (χ1) is 12.7. The molecule has 1 spiro atoms. The lowest BCUT2D eigenvalue weighted by Crippen LogP contribution is -2.34. The standard InChI is InChI=1S/C22H17NO3/c24-20(17-10-9-15-5-1-2-6-16(15)13-17)23-12-11-22(14-23)19-8-4-3-7-18(19)21(25)26-22/h1-10,13H,11-12,14H2/t22-/m0/s1. The summed E-state index contributed by atoms with van der Waals surface area (Å²) in [5.41, 5.74) is 1.49. The van der Waals surface area contributed by atoms with Gasteiger partial charge in [-0.1, -0.05) is 48.5 Å². The molecule has 5 rings (SSSR count). The molecule has 0 unspecified atom stereocenters. The molecule has 1 atom stereocenters. The molecule has 1 amide bonds. The van der Waals surface area contributed by atoms with Crippen LogP contribution in [0, 0.1) is 0 Å². The van der Waals surface area contributed by atoms with Crippen molar-refractivity contribution in [3.05, 3.63) is 83.4 Å². The van der Waals surface area contributed by atoms with Gasteiger partial charge in [0, 0.05) is 24.1 Å². The molecule has 0 N–H and O–H groups in total. The Morgan fingerprint density at radius 3 is 2.62 bits per heavy atom. The minimum Gasteiger partial charge on any atom is -0.449 e. The van der Waals surface area contributed by atoms with E-state index in [0.717, 1.165) is 16.3 Å². The fraction of sp³-hybridized carbons (Fsp3) is 0.182. The van der Waals surface area contributed by atoms with Crippen LogP contribution in [0.2, 0.25) is 0 Å². The number of carbonyl (C=O) groups is 2. The van der Waals surface area contributed by atoms with Crippen LogP contribution in [0.5, 0.6) is 0 Å². The fourth-order valence-corrected chi connectivity index (χ4v) is 4.11. The predicted octanol–water partition coefficient (Wildman–Crippen LogP) is 3.75. The Kier molecular flexibility index (Phi) is 3.16. The summed E-state index contributed by atoms with van der Waals surface area (Å²) < 4.78 is 5.73. The van der Waals surface area contributed by atoms with Gasteiger partial charge >= 0.3 is 5.97 Å². The molecule has 4 heteroatoms. The van der Waals surface area contributed by atoms with E-state index in [2.05, 4.69) is 0 Å². The Morgan fingerprint density at radius 2 is 1.73 bits per heavy atom. The lowest BCUT2D eigenvalue weighted by molar-refractivity contribution is -0.00306. The van der Waals surface area contributed by atoms with Crippen molar-refractivity contribution in [2.45, 2.75) is 12.0 Å². The summed E-state index contributed by atoms with van der Waals surface area (Å²) in [4.78, 5) is 27.0. The number of benzene rings is 3. The zero-order valence-corrected chi connectivity index (χ0v) is 14.1. The van der Waals surface area contributed by atoms with Gasteiger partial charge in [-0.05, 0) is 29.0 Å². The van der Waals surface area contributed by atoms with Crippen molar-refractivity contribution < 1.29 is 14.3 Å². The molecule has 4 nitrogen and oxygen atoms in total. The summed E-state index contributed by atoms with van der Waals surface area (Å²) in [7, 11) is 0. The summed E-state index contributed by atoms with van der Waals surface area (Å²) in [5.74, 6) is -0.311. The van der Waals surface area contributed by atoms with E-state index in [1.807, 2.05) is 60.7 Å². The summed E-state index contributed by atoms with van der Waals surface area (Å²) in [6, 6.07) is 21.2. The minimum absolute atomic E-state index is 0.0203. The third-order valence-electron chi connectivity index (χ3n) is 5.44. The maximum atomic E-state index is 13.0. The minimum atomic E-state index is -0.694. The number of amides is 1. The molecule has 3 aromatic rings.